The minimum absolute atomic E-state index is 0.240. The number of hydrogen-bond donors (Lipinski definition) is 2. The van der Waals surface area contributed by atoms with Gasteiger partial charge in [0.25, 0.3) is 0 Å². The van der Waals surface area contributed by atoms with Crippen molar-refractivity contribution in [3.63, 3.8) is 0 Å². The van der Waals surface area contributed by atoms with Crippen LogP contribution >= 0.6 is 0 Å². The first-order valence-electron chi connectivity index (χ1n) is 7.35. The van der Waals surface area contributed by atoms with Gasteiger partial charge in [-0.1, -0.05) is 13.3 Å². The van der Waals surface area contributed by atoms with Gasteiger partial charge in [0.1, 0.15) is 5.54 Å². The molecule has 6 heteroatoms. The lowest BCUT2D eigenvalue weighted by Gasteiger charge is -2.37. The van der Waals surface area contributed by atoms with Gasteiger partial charge in [-0.2, -0.15) is 0 Å². The number of carboxylic acids is 1. The van der Waals surface area contributed by atoms with Crippen molar-refractivity contribution in [1.29, 1.82) is 0 Å². The number of carboxylic acid groups (broad SMARTS) is 1. The van der Waals surface area contributed by atoms with Gasteiger partial charge in [0, 0.05) is 13.1 Å². The van der Waals surface area contributed by atoms with Crippen molar-refractivity contribution in [2.24, 2.45) is 0 Å². The van der Waals surface area contributed by atoms with Gasteiger partial charge in [0.2, 0.25) is 0 Å². The van der Waals surface area contributed by atoms with Gasteiger partial charge in [0.15, 0.2) is 0 Å². The molecule has 2 unspecified atom stereocenters. The van der Waals surface area contributed by atoms with E-state index in [1.54, 1.807) is 11.8 Å². The molecule has 2 rings (SSSR count). The van der Waals surface area contributed by atoms with Crippen LogP contribution in [0.3, 0.4) is 0 Å². The van der Waals surface area contributed by atoms with Crippen LogP contribution in [0.15, 0.2) is 0 Å². The summed E-state index contributed by atoms with van der Waals surface area (Å²) in [7, 11) is 0. The maximum Gasteiger partial charge on any atom is 0.329 e. The maximum atomic E-state index is 12.6. The minimum Gasteiger partial charge on any atom is -0.479 e. The summed E-state index contributed by atoms with van der Waals surface area (Å²) in [5.41, 5.74) is -1.91. The number of carbonyl (C=O) groups is 2. The second kappa shape index (κ2) is 5.24. The third-order valence-electron chi connectivity index (χ3n) is 4.50. The van der Waals surface area contributed by atoms with Gasteiger partial charge >= 0.3 is 12.0 Å². The van der Waals surface area contributed by atoms with Gasteiger partial charge in [-0.05, 0) is 32.6 Å². The largest absolute Gasteiger partial charge is 0.479 e. The Kier molecular flexibility index (Phi) is 3.95. The first kappa shape index (κ1) is 15.1. The van der Waals surface area contributed by atoms with Crippen molar-refractivity contribution in [1.82, 2.24) is 9.80 Å². The average Bonchev–Trinajstić information content (AvgIpc) is 2.93. The Labute approximate surface area is 119 Å². The SMILES string of the molecule is CCCC1(C(=O)O)CCCN1C(=O)N1CCC(C)(O)C1. The summed E-state index contributed by atoms with van der Waals surface area (Å²) in [6, 6.07) is -0.240. The van der Waals surface area contributed by atoms with Crippen LogP contribution in [-0.2, 0) is 4.79 Å². The van der Waals surface area contributed by atoms with E-state index in [0.29, 0.717) is 32.4 Å². The average molecular weight is 284 g/mol. The lowest BCUT2D eigenvalue weighted by molar-refractivity contribution is -0.148. The number of aliphatic carboxylic acids is 1. The summed E-state index contributed by atoms with van der Waals surface area (Å²) in [5, 5.41) is 19.6. The highest BCUT2D eigenvalue weighted by Crippen LogP contribution is 2.36. The predicted octanol–water partition coefficient (Wildman–Crippen LogP) is 1.28. The van der Waals surface area contributed by atoms with E-state index < -0.39 is 17.1 Å². The van der Waals surface area contributed by atoms with Crippen molar-refractivity contribution in [3.05, 3.63) is 0 Å². The molecular formula is C14H24N2O4. The third-order valence-corrected chi connectivity index (χ3v) is 4.50. The van der Waals surface area contributed by atoms with Crippen molar-refractivity contribution in [2.45, 2.75) is 57.1 Å². The van der Waals surface area contributed by atoms with Crippen LogP contribution in [0.25, 0.3) is 0 Å². The molecule has 20 heavy (non-hydrogen) atoms. The number of β-amino-alcohol motifs (C(OH)–C–C–N with tert-alkyl or cyclic N) is 1. The van der Waals surface area contributed by atoms with Crippen molar-refractivity contribution in [3.8, 4) is 0 Å². The summed E-state index contributed by atoms with van der Waals surface area (Å²) in [6.45, 7) is 4.91. The summed E-state index contributed by atoms with van der Waals surface area (Å²) in [4.78, 5) is 27.4. The molecule has 0 aliphatic carbocycles. The summed E-state index contributed by atoms with van der Waals surface area (Å²) < 4.78 is 0. The molecule has 2 aliphatic heterocycles. The van der Waals surface area contributed by atoms with E-state index in [2.05, 4.69) is 0 Å². The predicted molar refractivity (Wildman–Crippen MR) is 73.4 cm³/mol. The fourth-order valence-corrected chi connectivity index (χ4v) is 3.44. The monoisotopic (exact) mass is 284 g/mol. The number of hydrogen-bond acceptors (Lipinski definition) is 3. The van der Waals surface area contributed by atoms with Gasteiger partial charge < -0.3 is 20.0 Å². The van der Waals surface area contributed by atoms with Crippen LogP contribution in [0.1, 0.15) is 46.0 Å². The van der Waals surface area contributed by atoms with Crippen LogP contribution in [0.4, 0.5) is 4.79 Å². The smallest absolute Gasteiger partial charge is 0.329 e. The molecule has 114 valence electrons. The van der Waals surface area contributed by atoms with E-state index in [1.807, 2.05) is 6.92 Å². The molecule has 2 N–H and O–H groups in total. The molecule has 2 fully saturated rings. The zero-order valence-corrected chi connectivity index (χ0v) is 12.3. The highest BCUT2D eigenvalue weighted by molar-refractivity contribution is 5.87. The lowest BCUT2D eigenvalue weighted by Crippen LogP contribution is -2.56. The molecule has 6 nitrogen and oxygen atoms in total. The van der Waals surface area contributed by atoms with Crippen LogP contribution in [0.2, 0.25) is 0 Å². The maximum absolute atomic E-state index is 12.6. The number of nitrogens with zero attached hydrogens (tertiary/aromatic N) is 2. The highest BCUT2D eigenvalue weighted by atomic mass is 16.4. The van der Waals surface area contributed by atoms with Gasteiger partial charge in [0.05, 0.1) is 12.1 Å². The van der Waals surface area contributed by atoms with E-state index in [-0.39, 0.29) is 12.6 Å². The molecule has 2 aliphatic rings. The fraction of sp³-hybridized carbons (Fsp3) is 0.857. The molecule has 0 spiro atoms. The van der Waals surface area contributed by atoms with E-state index in [9.17, 15) is 19.8 Å². The number of aliphatic hydroxyl groups is 1. The first-order chi connectivity index (χ1) is 9.32. The second-order valence-electron chi connectivity index (χ2n) is 6.29. The lowest BCUT2D eigenvalue weighted by atomic mass is 9.91. The zero-order chi connectivity index (χ0) is 15.0. The van der Waals surface area contributed by atoms with E-state index in [4.69, 9.17) is 0 Å². The Morgan fingerprint density at radius 3 is 2.45 bits per heavy atom. The molecule has 0 bridgehead atoms. The first-order valence-corrected chi connectivity index (χ1v) is 7.35. The second-order valence-corrected chi connectivity index (χ2v) is 6.29. The number of amides is 2. The number of urea groups is 1. The minimum atomic E-state index is -1.06. The summed E-state index contributed by atoms with van der Waals surface area (Å²) in [6.07, 6.45) is 3.00. The Balaban J connectivity index is 2.18. The summed E-state index contributed by atoms with van der Waals surface area (Å²) >= 11 is 0. The molecule has 2 saturated heterocycles. The summed E-state index contributed by atoms with van der Waals surface area (Å²) in [5.74, 6) is -0.906. The van der Waals surface area contributed by atoms with E-state index >= 15 is 0 Å². The molecule has 2 amide bonds. The Morgan fingerprint density at radius 2 is 1.95 bits per heavy atom. The molecule has 0 radical (unpaired) electrons. The Bertz CT molecular complexity index is 410. The number of carbonyl (C=O) groups excluding carboxylic acids is 1. The molecule has 0 aromatic carbocycles. The van der Waals surface area contributed by atoms with E-state index in [0.717, 1.165) is 12.8 Å². The standard InChI is InChI=1S/C14H24N2O4/c1-3-5-14(11(17)18)6-4-8-16(14)12(19)15-9-7-13(2,20)10-15/h20H,3-10H2,1-2H3,(H,17,18). The van der Waals surface area contributed by atoms with Crippen LogP contribution in [0, 0.1) is 0 Å². The van der Waals surface area contributed by atoms with Crippen LogP contribution < -0.4 is 0 Å². The molecule has 0 saturated carbocycles. The molecule has 2 heterocycles. The zero-order valence-electron chi connectivity index (χ0n) is 12.3. The van der Waals surface area contributed by atoms with Crippen LogP contribution in [-0.4, -0.2) is 62.8 Å². The third kappa shape index (κ3) is 2.49. The molecule has 2 atom stereocenters. The normalized spacial score (nSPS) is 33.8. The quantitative estimate of drug-likeness (QED) is 0.818. The Hall–Kier alpha value is -1.30. The topological polar surface area (TPSA) is 81.1 Å². The number of rotatable bonds is 3. The van der Waals surface area contributed by atoms with Gasteiger partial charge in [-0.15, -0.1) is 0 Å². The Morgan fingerprint density at radius 1 is 1.25 bits per heavy atom. The van der Waals surface area contributed by atoms with Gasteiger partial charge in [-0.3, -0.25) is 0 Å². The van der Waals surface area contributed by atoms with Crippen molar-refractivity contribution >= 4 is 12.0 Å². The van der Waals surface area contributed by atoms with Crippen molar-refractivity contribution < 1.29 is 19.8 Å². The van der Waals surface area contributed by atoms with Gasteiger partial charge in [-0.25, -0.2) is 9.59 Å². The molecular weight excluding hydrogens is 260 g/mol. The highest BCUT2D eigenvalue weighted by Gasteiger charge is 2.51. The number of likely N-dealkylation sites (tertiary alicyclic amines) is 2. The molecule has 0 aromatic rings. The molecule has 0 aromatic heterocycles. The van der Waals surface area contributed by atoms with Crippen LogP contribution in [0.5, 0.6) is 0 Å². The van der Waals surface area contributed by atoms with Crippen molar-refractivity contribution in [2.75, 3.05) is 19.6 Å². The fourth-order valence-electron chi connectivity index (χ4n) is 3.44. The van der Waals surface area contributed by atoms with E-state index in [1.165, 1.54) is 4.90 Å².